The smallest absolute Gasteiger partial charge is 0.325 e. The maximum Gasteiger partial charge on any atom is 0.325 e. The maximum atomic E-state index is 11.3. The molecule has 1 aromatic heterocycles. The molecule has 1 rings (SSSR count). The molecule has 0 saturated heterocycles. The Bertz CT molecular complexity index is 420. The number of hydrogen-bond acceptors (Lipinski definition) is 4. The Morgan fingerprint density at radius 3 is 2.82 bits per heavy atom. The number of carbonyl (C=O) groups excluding carboxylic acids is 2. The lowest BCUT2D eigenvalue weighted by molar-refractivity contribution is -0.143. The molecule has 0 aliphatic heterocycles. The Hall–Kier alpha value is -2.04. The van der Waals surface area contributed by atoms with Gasteiger partial charge in [-0.1, -0.05) is 0 Å². The fraction of sp³-hybridized carbons (Fsp3) is 0.333. The topological polar surface area (TPSA) is 68.5 Å². The van der Waals surface area contributed by atoms with Crippen LogP contribution in [0.4, 0.5) is 0 Å². The first kappa shape index (κ1) is 13.0. The van der Waals surface area contributed by atoms with E-state index in [2.05, 4.69) is 10.1 Å². The van der Waals surface area contributed by atoms with Gasteiger partial charge >= 0.3 is 5.97 Å². The molecule has 0 bridgehead atoms. The summed E-state index contributed by atoms with van der Waals surface area (Å²) in [5.74, 6) is 0.542. The van der Waals surface area contributed by atoms with E-state index in [1.54, 1.807) is 19.1 Å². The third-order valence-corrected chi connectivity index (χ3v) is 1.87. The van der Waals surface area contributed by atoms with Crippen molar-refractivity contribution in [2.75, 3.05) is 13.2 Å². The average Bonchev–Trinajstić information content (AvgIpc) is 2.70. The average molecular weight is 237 g/mol. The summed E-state index contributed by atoms with van der Waals surface area (Å²) in [6.45, 7) is 3.70. The van der Waals surface area contributed by atoms with Crippen molar-refractivity contribution in [3.05, 3.63) is 29.7 Å². The summed E-state index contributed by atoms with van der Waals surface area (Å²) in [5, 5.41) is 2.40. The van der Waals surface area contributed by atoms with Gasteiger partial charge < -0.3 is 14.5 Å². The number of rotatable bonds is 5. The lowest BCUT2D eigenvalue weighted by Gasteiger charge is -2.01. The van der Waals surface area contributed by atoms with Gasteiger partial charge in [-0.15, -0.1) is 0 Å². The van der Waals surface area contributed by atoms with E-state index in [0.29, 0.717) is 12.4 Å². The van der Waals surface area contributed by atoms with Crippen molar-refractivity contribution in [2.45, 2.75) is 13.8 Å². The zero-order chi connectivity index (χ0) is 12.7. The van der Waals surface area contributed by atoms with Crippen LogP contribution in [0.1, 0.15) is 18.4 Å². The van der Waals surface area contributed by atoms with Crippen molar-refractivity contribution in [3.63, 3.8) is 0 Å². The number of carbonyl (C=O) groups is 2. The lowest BCUT2D eigenvalue weighted by atomic mass is 10.4. The van der Waals surface area contributed by atoms with Gasteiger partial charge in [-0.25, -0.2) is 0 Å². The standard InChI is InChI=1S/C12H15NO4/c1-3-16-12(15)8-13-11(14)7-6-10-5-4-9(2)17-10/h4-7H,3,8H2,1-2H3,(H,13,14)/b7-6+. The molecule has 0 fully saturated rings. The minimum atomic E-state index is -0.455. The third kappa shape index (κ3) is 5.01. The normalized spacial score (nSPS) is 10.5. The summed E-state index contributed by atoms with van der Waals surface area (Å²) >= 11 is 0. The van der Waals surface area contributed by atoms with Crippen molar-refractivity contribution in [2.24, 2.45) is 0 Å². The van der Waals surface area contributed by atoms with Crippen LogP contribution in [0.5, 0.6) is 0 Å². The zero-order valence-electron chi connectivity index (χ0n) is 9.86. The number of hydrogen-bond donors (Lipinski definition) is 1. The largest absolute Gasteiger partial charge is 0.465 e. The van der Waals surface area contributed by atoms with Crippen molar-refractivity contribution in [1.29, 1.82) is 0 Å². The Morgan fingerprint density at radius 2 is 2.24 bits per heavy atom. The molecular weight excluding hydrogens is 222 g/mol. The number of esters is 1. The highest BCUT2D eigenvalue weighted by molar-refractivity contribution is 5.93. The molecule has 1 amide bonds. The van der Waals surface area contributed by atoms with Crippen LogP contribution in [-0.2, 0) is 14.3 Å². The van der Waals surface area contributed by atoms with Gasteiger partial charge in [0, 0.05) is 6.08 Å². The molecule has 0 spiro atoms. The minimum absolute atomic E-state index is 0.131. The first-order valence-electron chi connectivity index (χ1n) is 5.29. The molecule has 1 aromatic rings. The molecule has 0 atom stereocenters. The number of nitrogens with one attached hydrogen (secondary N) is 1. The molecule has 92 valence electrons. The quantitative estimate of drug-likeness (QED) is 0.618. The molecule has 1 N–H and O–H groups in total. The Morgan fingerprint density at radius 1 is 1.47 bits per heavy atom. The van der Waals surface area contributed by atoms with E-state index < -0.39 is 5.97 Å². The highest BCUT2D eigenvalue weighted by Crippen LogP contribution is 2.07. The van der Waals surface area contributed by atoms with Gasteiger partial charge in [0.15, 0.2) is 0 Å². The molecule has 5 heteroatoms. The van der Waals surface area contributed by atoms with Gasteiger partial charge in [0.2, 0.25) is 5.91 Å². The van der Waals surface area contributed by atoms with E-state index in [4.69, 9.17) is 4.42 Å². The summed E-state index contributed by atoms with van der Waals surface area (Å²) in [5.41, 5.74) is 0. The number of furan rings is 1. The van der Waals surface area contributed by atoms with Crippen LogP contribution >= 0.6 is 0 Å². The summed E-state index contributed by atoms with van der Waals surface area (Å²) in [7, 11) is 0. The SMILES string of the molecule is CCOC(=O)CNC(=O)/C=C/c1ccc(C)o1. The predicted octanol–water partition coefficient (Wildman–Crippen LogP) is 1.28. The van der Waals surface area contributed by atoms with E-state index in [9.17, 15) is 9.59 Å². The Labute approximate surface area is 99.4 Å². The van der Waals surface area contributed by atoms with Gasteiger partial charge in [0.05, 0.1) is 6.61 Å². The minimum Gasteiger partial charge on any atom is -0.465 e. The monoisotopic (exact) mass is 237 g/mol. The van der Waals surface area contributed by atoms with Crippen molar-refractivity contribution in [3.8, 4) is 0 Å². The lowest BCUT2D eigenvalue weighted by Crippen LogP contribution is -2.29. The summed E-state index contributed by atoms with van der Waals surface area (Å²) in [4.78, 5) is 22.2. The number of aryl methyl sites for hydroxylation is 1. The van der Waals surface area contributed by atoms with Crippen molar-refractivity contribution < 1.29 is 18.7 Å². The van der Waals surface area contributed by atoms with Crippen LogP contribution in [0.15, 0.2) is 22.6 Å². The van der Waals surface area contributed by atoms with E-state index in [1.807, 2.05) is 6.92 Å². The molecule has 0 aliphatic rings. The highest BCUT2D eigenvalue weighted by atomic mass is 16.5. The summed E-state index contributed by atoms with van der Waals surface area (Å²) in [6, 6.07) is 3.56. The molecule has 0 aromatic carbocycles. The number of ether oxygens (including phenoxy) is 1. The predicted molar refractivity (Wildman–Crippen MR) is 62.1 cm³/mol. The molecule has 1 heterocycles. The Balaban J connectivity index is 2.34. The molecule has 5 nitrogen and oxygen atoms in total. The van der Waals surface area contributed by atoms with Crippen LogP contribution < -0.4 is 5.32 Å². The fourth-order valence-corrected chi connectivity index (χ4v) is 1.13. The van der Waals surface area contributed by atoms with Gasteiger partial charge in [0.1, 0.15) is 18.1 Å². The van der Waals surface area contributed by atoms with Crippen molar-refractivity contribution in [1.82, 2.24) is 5.32 Å². The second-order valence-electron chi connectivity index (χ2n) is 3.30. The van der Waals surface area contributed by atoms with Crippen LogP contribution in [0.25, 0.3) is 6.08 Å². The zero-order valence-corrected chi connectivity index (χ0v) is 9.86. The summed E-state index contributed by atoms with van der Waals surface area (Å²) in [6.07, 6.45) is 2.84. The summed E-state index contributed by atoms with van der Waals surface area (Å²) < 4.78 is 9.90. The van der Waals surface area contributed by atoms with Gasteiger partial charge in [-0.2, -0.15) is 0 Å². The van der Waals surface area contributed by atoms with Crippen LogP contribution in [0, 0.1) is 6.92 Å². The molecule has 0 radical (unpaired) electrons. The van der Waals surface area contributed by atoms with E-state index >= 15 is 0 Å². The van der Waals surface area contributed by atoms with E-state index in [0.717, 1.165) is 5.76 Å². The fourth-order valence-electron chi connectivity index (χ4n) is 1.13. The second-order valence-corrected chi connectivity index (χ2v) is 3.30. The van der Waals surface area contributed by atoms with Crippen molar-refractivity contribution >= 4 is 18.0 Å². The Kier molecular flexibility index (Phi) is 5.00. The van der Waals surface area contributed by atoms with Gasteiger partial charge in [-0.05, 0) is 32.1 Å². The number of amides is 1. The highest BCUT2D eigenvalue weighted by Gasteiger charge is 2.03. The first-order chi connectivity index (χ1) is 8.11. The van der Waals surface area contributed by atoms with Crippen LogP contribution in [0.2, 0.25) is 0 Å². The van der Waals surface area contributed by atoms with E-state index in [1.165, 1.54) is 12.2 Å². The molecule has 17 heavy (non-hydrogen) atoms. The van der Waals surface area contributed by atoms with Gasteiger partial charge in [-0.3, -0.25) is 9.59 Å². The van der Waals surface area contributed by atoms with Crippen LogP contribution in [0.3, 0.4) is 0 Å². The third-order valence-electron chi connectivity index (χ3n) is 1.87. The maximum absolute atomic E-state index is 11.3. The molecule has 0 unspecified atom stereocenters. The molecule has 0 saturated carbocycles. The van der Waals surface area contributed by atoms with Gasteiger partial charge in [0.25, 0.3) is 0 Å². The second kappa shape index (κ2) is 6.52. The van der Waals surface area contributed by atoms with Crippen LogP contribution in [-0.4, -0.2) is 25.0 Å². The first-order valence-corrected chi connectivity index (χ1v) is 5.29. The molecular formula is C12H15NO4. The van der Waals surface area contributed by atoms with E-state index in [-0.39, 0.29) is 12.5 Å². The molecule has 0 aliphatic carbocycles.